The van der Waals surface area contributed by atoms with Gasteiger partial charge in [0, 0.05) is 6.54 Å². The molecule has 0 saturated carbocycles. The highest BCUT2D eigenvalue weighted by molar-refractivity contribution is 5.43. The molecule has 0 bridgehead atoms. The van der Waals surface area contributed by atoms with Gasteiger partial charge in [-0.05, 0) is 20.3 Å². The predicted molar refractivity (Wildman–Crippen MR) is 67.8 cm³/mol. The minimum Gasteiger partial charge on any atom is -0.470 e. The average Bonchev–Trinajstić information content (AvgIpc) is 2.29. The number of rotatable bonds is 7. The topological polar surface area (TPSA) is 90.2 Å². The van der Waals surface area contributed by atoms with Gasteiger partial charge >= 0.3 is 5.69 Å². The molecule has 0 saturated heterocycles. The standard InChI is InChI=1S/C11H18N4O3/c1-4-6-8(3)18-10-9(15(16)17)7-13-11(14-10)12-5-2/h7-8H,4-6H2,1-3H3,(H,12,13,14). The fraction of sp³-hybridized carbons (Fsp3) is 0.636. The molecule has 1 aromatic heterocycles. The Kier molecular flexibility index (Phi) is 5.29. The van der Waals surface area contributed by atoms with E-state index in [1.807, 2.05) is 20.8 Å². The molecule has 0 aliphatic heterocycles. The first-order chi connectivity index (χ1) is 8.58. The Morgan fingerprint density at radius 3 is 2.83 bits per heavy atom. The van der Waals surface area contributed by atoms with E-state index < -0.39 is 4.92 Å². The third kappa shape index (κ3) is 3.83. The number of nitro groups is 1. The molecule has 1 aromatic rings. The highest BCUT2D eigenvalue weighted by Crippen LogP contribution is 2.26. The van der Waals surface area contributed by atoms with E-state index in [0.29, 0.717) is 12.5 Å². The van der Waals surface area contributed by atoms with E-state index in [1.54, 1.807) is 0 Å². The molecule has 7 nitrogen and oxygen atoms in total. The zero-order valence-corrected chi connectivity index (χ0v) is 10.8. The SMILES string of the molecule is CCCC(C)Oc1nc(NCC)ncc1[N+](=O)[O-]. The molecule has 0 aliphatic rings. The highest BCUT2D eigenvalue weighted by atomic mass is 16.6. The van der Waals surface area contributed by atoms with Crippen molar-refractivity contribution in [2.75, 3.05) is 11.9 Å². The fourth-order valence-corrected chi connectivity index (χ4v) is 1.47. The number of hydrogen-bond acceptors (Lipinski definition) is 6. The molecule has 1 unspecified atom stereocenters. The van der Waals surface area contributed by atoms with E-state index >= 15 is 0 Å². The lowest BCUT2D eigenvalue weighted by molar-refractivity contribution is -0.386. The summed E-state index contributed by atoms with van der Waals surface area (Å²) in [5.74, 6) is 0.355. The van der Waals surface area contributed by atoms with Crippen LogP contribution in [0.4, 0.5) is 11.6 Å². The quantitative estimate of drug-likeness (QED) is 0.593. The Labute approximate surface area is 106 Å². The minimum atomic E-state index is -0.538. The molecule has 0 radical (unpaired) electrons. The summed E-state index contributed by atoms with van der Waals surface area (Å²) < 4.78 is 5.50. The van der Waals surface area contributed by atoms with Crippen molar-refractivity contribution >= 4 is 11.6 Å². The van der Waals surface area contributed by atoms with Gasteiger partial charge in [-0.25, -0.2) is 4.98 Å². The molecule has 100 valence electrons. The van der Waals surface area contributed by atoms with Crippen LogP contribution in [0.15, 0.2) is 6.20 Å². The van der Waals surface area contributed by atoms with Crippen molar-refractivity contribution in [1.82, 2.24) is 9.97 Å². The van der Waals surface area contributed by atoms with Crippen LogP contribution >= 0.6 is 0 Å². The maximum atomic E-state index is 10.9. The number of hydrogen-bond donors (Lipinski definition) is 1. The van der Waals surface area contributed by atoms with Gasteiger partial charge in [-0.15, -0.1) is 0 Å². The van der Waals surface area contributed by atoms with Gasteiger partial charge in [0.1, 0.15) is 6.20 Å². The number of aromatic nitrogens is 2. The van der Waals surface area contributed by atoms with E-state index in [2.05, 4.69) is 15.3 Å². The van der Waals surface area contributed by atoms with E-state index in [-0.39, 0.29) is 17.7 Å². The molecule has 1 heterocycles. The molecule has 0 fully saturated rings. The minimum absolute atomic E-state index is 0.0203. The normalized spacial score (nSPS) is 11.9. The van der Waals surface area contributed by atoms with Crippen LogP contribution in [0, 0.1) is 10.1 Å². The van der Waals surface area contributed by atoms with Crippen molar-refractivity contribution < 1.29 is 9.66 Å². The molecule has 0 aliphatic carbocycles. The largest absolute Gasteiger partial charge is 0.470 e. The van der Waals surface area contributed by atoms with Gasteiger partial charge in [0.2, 0.25) is 5.95 Å². The summed E-state index contributed by atoms with van der Waals surface area (Å²) in [4.78, 5) is 18.2. The van der Waals surface area contributed by atoms with Gasteiger partial charge in [0.25, 0.3) is 5.88 Å². The maximum absolute atomic E-state index is 10.9. The average molecular weight is 254 g/mol. The molecule has 18 heavy (non-hydrogen) atoms. The lowest BCUT2D eigenvalue weighted by atomic mass is 10.2. The van der Waals surface area contributed by atoms with Crippen molar-refractivity contribution in [2.45, 2.75) is 39.7 Å². The molecule has 0 amide bonds. The zero-order valence-electron chi connectivity index (χ0n) is 10.8. The third-order valence-corrected chi connectivity index (χ3v) is 2.28. The number of nitrogens with zero attached hydrogens (tertiary/aromatic N) is 3. The van der Waals surface area contributed by atoms with Gasteiger partial charge in [-0.1, -0.05) is 13.3 Å². The maximum Gasteiger partial charge on any atom is 0.349 e. The number of ether oxygens (including phenoxy) is 1. The molecular weight excluding hydrogens is 236 g/mol. The molecule has 1 atom stereocenters. The van der Waals surface area contributed by atoms with Crippen LogP contribution in [-0.4, -0.2) is 27.5 Å². The number of anilines is 1. The molecule has 0 spiro atoms. The molecular formula is C11H18N4O3. The molecule has 7 heteroatoms. The number of nitrogens with one attached hydrogen (secondary N) is 1. The summed E-state index contributed by atoms with van der Waals surface area (Å²) in [5, 5.41) is 13.7. The van der Waals surface area contributed by atoms with Crippen molar-refractivity contribution in [3.05, 3.63) is 16.3 Å². The summed E-state index contributed by atoms with van der Waals surface area (Å²) in [7, 11) is 0. The van der Waals surface area contributed by atoms with Gasteiger partial charge < -0.3 is 10.1 Å². The second-order valence-electron chi connectivity index (χ2n) is 3.89. The summed E-state index contributed by atoms with van der Waals surface area (Å²) >= 11 is 0. The van der Waals surface area contributed by atoms with E-state index in [4.69, 9.17) is 4.74 Å². The van der Waals surface area contributed by atoms with Crippen molar-refractivity contribution in [3.63, 3.8) is 0 Å². The Balaban J connectivity index is 2.95. The van der Waals surface area contributed by atoms with Crippen LogP contribution in [0.5, 0.6) is 5.88 Å². The van der Waals surface area contributed by atoms with Crippen molar-refractivity contribution in [3.8, 4) is 5.88 Å². The van der Waals surface area contributed by atoms with E-state index in [9.17, 15) is 10.1 Å². The first-order valence-corrected chi connectivity index (χ1v) is 6.00. The summed E-state index contributed by atoms with van der Waals surface area (Å²) in [5.41, 5.74) is -0.209. The monoisotopic (exact) mass is 254 g/mol. The molecule has 0 aromatic carbocycles. The first-order valence-electron chi connectivity index (χ1n) is 6.00. The van der Waals surface area contributed by atoms with Gasteiger partial charge in [-0.2, -0.15) is 4.98 Å². The molecule has 1 N–H and O–H groups in total. The van der Waals surface area contributed by atoms with Crippen LogP contribution in [-0.2, 0) is 0 Å². The summed E-state index contributed by atoms with van der Waals surface area (Å²) in [6.45, 7) is 6.42. The highest BCUT2D eigenvalue weighted by Gasteiger charge is 2.20. The fourth-order valence-electron chi connectivity index (χ4n) is 1.47. The van der Waals surface area contributed by atoms with Crippen molar-refractivity contribution in [1.29, 1.82) is 0 Å². The lowest BCUT2D eigenvalue weighted by Crippen LogP contribution is -2.14. The lowest BCUT2D eigenvalue weighted by Gasteiger charge is -2.13. The third-order valence-electron chi connectivity index (χ3n) is 2.28. The van der Waals surface area contributed by atoms with Crippen LogP contribution in [0.3, 0.4) is 0 Å². The van der Waals surface area contributed by atoms with Gasteiger partial charge in [-0.3, -0.25) is 10.1 Å². The van der Waals surface area contributed by atoms with Crippen LogP contribution in [0.2, 0.25) is 0 Å². The first kappa shape index (κ1) is 14.1. The Bertz CT molecular complexity index is 411. The molecule has 1 rings (SSSR count). The van der Waals surface area contributed by atoms with E-state index in [1.165, 1.54) is 6.20 Å². The zero-order chi connectivity index (χ0) is 13.5. The Morgan fingerprint density at radius 1 is 1.56 bits per heavy atom. The second-order valence-corrected chi connectivity index (χ2v) is 3.89. The Hall–Kier alpha value is -1.92. The predicted octanol–water partition coefficient (Wildman–Crippen LogP) is 2.38. The van der Waals surface area contributed by atoms with Gasteiger partial charge in [0.05, 0.1) is 11.0 Å². The van der Waals surface area contributed by atoms with Gasteiger partial charge in [0.15, 0.2) is 0 Å². The summed E-state index contributed by atoms with van der Waals surface area (Å²) in [6, 6.07) is 0. The van der Waals surface area contributed by atoms with Crippen molar-refractivity contribution in [2.24, 2.45) is 0 Å². The smallest absolute Gasteiger partial charge is 0.349 e. The summed E-state index contributed by atoms with van der Waals surface area (Å²) in [6.07, 6.45) is 2.81. The Morgan fingerprint density at radius 2 is 2.28 bits per heavy atom. The van der Waals surface area contributed by atoms with Crippen LogP contribution in [0.25, 0.3) is 0 Å². The second kappa shape index (κ2) is 6.73. The van der Waals surface area contributed by atoms with E-state index in [0.717, 1.165) is 12.8 Å². The van der Waals surface area contributed by atoms with Crippen LogP contribution < -0.4 is 10.1 Å². The van der Waals surface area contributed by atoms with Crippen LogP contribution in [0.1, 0.15) is 33.6 Å².